The second-order valence-electron chi connectivity index (χ2n) is 19.3. The minimum Gasteiger partial charge on any atom is -0.378 e. The van der Waals surface area contributed by atoms with Crippen molar-refractivity contribution in [1.82, 2.24) is 10.2 Å². The molecule has 11 rings (SSSR count). The zero-order valence-electron chi connectivity index (χ0n) is 36.4. The Kier molecular flexibility index (Phi) is 9.98. The Hall–Kier alpha value is -5.41. The Morgan fingerprint density at radius 1 is 0.836 bits per heavy atom. The third kappa shape index (κ3) is 6.84. The van der Waals surface area contributed by atoms with Gasteiger partial charge in [0.2, 0.25) is 0 Å². The molecule has 3 nitrogen and oxygen atoms in total. The number of aryl methyl sites for hydroxylation is 1. The number of hydrogen-bond acceptors (Lipinski definition) is 3. The van der Waals surface area contributed by atoms with Gasteiger partial charge in [0.1, 0.15) is 6.17 Å². The van der Waals surface area contributed by atoms with E-state index in [4.69, 9.17) is 4.99 Å². The number of fused-ring (bicyclic) bond motifs is 6. The number of allylic oxidation sites excluding steroid dienone is 18. The van der Waals surface area contributed by atoms with Crippen molar-refractivity contribution in [2.75, 3.05) is 0 Å². The lowest BCUT2D eigenvalue weighted by Gasteiger charge is -2.37. The molecule has 0 radical (unpaired) electrons. The highest BCUT2D eigenvalue weighted by Crippen LogP contribution is 2.57. The van der Waals surface area contributed by atoms with Crippen LogP contribution in [0.2, 0.25) is 0 Å². The Balaban J connectivity index is 0.903. The van der Waals surface area contributed by atoms with Crippen LogP contribution in [0.25, 0.3) is 5.57 Å². The number of nitrogens with one attached hydrogen (secondary N) is 1. The van der Waals surface area contributed by atoms with Crippen LogP contribution in [0, 0.1) is 23.2 Å². The molecular formula is C58H61N3. The summed E-state index contributed by atoms with van der Waals surface area (Å²) in [5.74, 6) is 1.88. The van der Waals surface area contributed by atoms with E-state index < -0.39 is 0 Å². The predicted molar refractivity (Wildman–Crippen MR) is 255 cm³/mol. The van der Waals surface area contributed by atoms with Gasteiger partial charge in [-0.25, -0.2) is 0 Å². The lowest BCUT2D eigenvalue weighted by molar-refractivity contribution is 0.217. The molecule has 0 amide bonds. The molecule has 7 unspecified atom stereocenters. The number of dihydropyridines is 1. The second kappa shape index (κ2) is 15.8. The number of aliphatic imine (C=N–C) groups is 1. The summed E-state index contributed by atoms with van der Waals surface area (Å²) in [6.07, 6.45) is 49.8. The average Bonchev–Trinajstić information content (AvgIpc) is 3.77. The van der Waals surface area contributed by atoms with Crippen LogP contribution in [-0.4, -0.2) is 28.9 Å². The monoisotopic (exact) mass is 799 g/mol. The number of benzene rings is 2. The number of rotatable bonds is 8. The molecule has 0 aromatic heterocycles. The highest BCUT2D eigenvalue weighted by Gasteiger charge is 2.48. The summed E-state index contributed by atoms with van der Waals surface area (Å²) in [4.78, 5) is 8.32. The molecule has 2 aromatic carbocycles. The molecule has 3 heteroatoms. The molecule has 7 atom stereocenters. The van der Waals surface area contributed by atoms with E-state index in [1.165, 1.54) is 56.8 Å². The summed E-state index contributed by atoms with van der Waals surface area (Å²) in [7, 11) is 0. The fraction of sp³-hybridized carbons (Fsp3) is 0.362. The quantitative estimate of drug-likeness (QED) is 0.269. The van der Waals surface area contributed by atoms with Crippen molar-refractivity contribution in [3.63, 3.8) is 0 Å². The van der Waals surface area contributed by atoms with E-state index in [0.29, 0.717) is 35.8 Å². The molecule has 0 spiro atoms. The van der Waals surface area contributed by atoms with Gasteiger partial charge in [0.15, 0.2) is 0 Å². The van der Waals surface area contributed by atoms with Gasteiger partial charge >= 0.3 is 0 Å². The topological polar surface area (TPSA) is 27.6 Å². The molecule has 1 N–H and O–H groups in total. The maximum absolute atomic E-state index is 5.59. The molecule has 2 fully saturated rings. The normalized spacial score (nSPS) is 30.6. The summed E-state index contributed by atoms with van der Waals surface area (Å²) in [5.41, 5.74) is 18.5. The fourth-order valence-electron chi connectivity index (χ4n) is 12.4. The highest BCUT2D eigenvalue weighted by molar-refractivity contribution is 6.10. The standard InChI is InChI=1S/C58H61N3/c1-4-38-27-28-41(33-48(38)46-22-12-15-25-53(46)59-44-30-31-52-49(37-44)45-21-11-14-24-51(45)58(52,2)3)42-29-32-56-50(34-42)47-23-13-16-26-55(47)61(56)57-36-43(39-17-7-5-8-18-39)35-54(60-57)40-19-9-6-10-20-40/h6-7,9-11,14-21,24-28,31-35,37,42,44-45,47,51,55,57,59H,4-5,8,12-13,22-23,29-30,36H2,1-3H3. The van der Waals surface area contributed by atoms with Crippen molar-refractivity contribution in [2.24, 2.45) is 28.2 Å². The van der Waals surface area contributed by atoms with Crippen LogP contribution in [-0.2, 0) is 6.42 Å². The minimum atomic E-state index is 0.0579. The van der Waals surface area contributed by atoms with Crippen LogP contribution in [0.5, 0.6) is 0 Å². The third-order valence-electron chi connectivity index (χ3n) is 15.5. The number of likely N-dealkylation sites (tertiary alicyclic amines) is 1. The van der Waals surface area contributed by atoms with E-state index in [-0.39, 0.29) is 11.6 Å². The van der Waals surface area contributed by atoms with Crippen LogP contribution >= 0.6 is 0 Å². The van der Waals surface area contributed by atoms with Crippen LogP contribution in [0.4, 0.5) is 0 Å². The van der Waals surface area contributed by atoms with Crippen molar-refractivity contribution in [3.8, 4) is 0 Å². The molecule has 1 saturated heterocycles. The molecule has 2 aromatic rings. The fourth-order valence-corrected chi connectivity index (χ4v) is 12.4. The lowest BCUT2D eigenvalue weighted by Crippen LogP contribution is -2.40. The molecule has 1 saturated carbocycles. The SMILES string of the molecule is CCc1ccc(C2C=C3C(=CC2)N(C2CC(C4=CCCC=C4)=CC(c4ccccc4)=N2)C2C=CCCC32)cc1C1=C(NC2C=C3C(=CC2)C(C)(C)C2C=CC=CC32)C=CCC1. The summed E-state index contributed by atoms with van der Waals surface area (Å²) in [6, 6.07) is 18.9. The average molecular weight is 800 g/mol. The van der Waals surface area contributed by atoms with E-state index >= 15 is 0 Å². The van der Waals surface area contributed by atoms with Gasteiger partial charge < -0.3 is 10.2 Å². The Labute approximate surface area is 364 Å². The summed E-state index contributed by atoms with van der Waals surface area (Å²) >= 11 is 0. The molecule has 308 valence electrons. The maximum atomic E-state index is 5.59. The van der Waals surface area contributed by atoms with Gasteiger partial charge in [-0.1, -0.05) is 154 Å². The first kappa shape index (κ1) is 38.5. The molecule has 61 heavy (non-hydrogen) atoms. The van der Waals surface area contributed by atoms with Crippen molar-refractivity contribution < 1.29 is 0 Å². The van der Waals surface area contributed by atoms with Crippen molar-refractivity contribution in [3.05, 3.63) is 207 Å². The van der Waals surface area contributed by atoms with Gasteiger partial charge in [-0.2, -0.15) is 0 Å². The van der Waals surface area contributed by atoms with Crippen molar-refractivity contribution in [2.45, 2.75) is 109 Å². The molecule has 7 aliphatic carbocycles. The van der Waals surface area contributed by atoms with E-state index in [2.05, 4.69) is 177 Å². The lowest BCUT2D eigenvalue weighted by atomic mass is 9.75. The van der Waals surface area contributed by atoms with Crippen LogP contribution in [0.15, 0.2) is 190 Å². The Bertz CT molecular complexity index is 2530. The van der Waals surface area contributed by atoms with E-state index in [1.807, 2.05) is 0 Å². The summed E-state index contributed by atoms with van der Waals surface area (Å²) in [5, 5.41) is 4.10. The van der Waals surface area contributed by atoms with E-state index in [9.17, 15) is 0 Å². The first-order chi connectivity index (χ1) is 29.9. The van der Waals surface area contributed by atoms with Gasteiger partial charge in [0, 0.05) is 41.6 Å². The predicted octanol–water partition coefficient (Wildman–Crippen LogP) is 13.3. The van der Waals surface area contributed by atoms with Crippen LogP contribution in [0.1, 0.15) is 107 Å². The minimum absolute atomic E-state index is 0.0579. The highest BCUT2D eigenvalue weighted by atomic mass is 15.3. The second-order valence-corrected chi connectivity index (χ2v) is 19.3. The molecule has 2 heterocycles. The van der Waals surface area contributed by atoms with Gasteiger partial charge in [-0.05, 0) is 137 Å². The van der Waals surface area contributed by atoms with Crippen LogP contribution < -0.4 is 5.32 Å². The first-order valence-corrected chi connectivity index (χ1v) is 23.6. The zero-order chi connectivity index (χ0) is 41.1. The van der Waals surface area contributed by atoms with E-state index in [1.54, 1.807) is 16.7 Å². The Morgan fingerprint density at radius 3 is 2.59 bits per heavy atom. The third-order valence-corrected chi connectivity index (χ3v) is 15.5. The van der Waals surface area contributed by atoms with Crippen LogP contribution in [0.3, 0.4) is 0 Å². The molecule has 9 aliphatic rings. The van der Waals surface area contributed by atoms with Gasteiger partial charge in [0.25, 0.3) is 0 Å². The molecular weight excluding hydrogens is 739 g/mol. The van der Waals surface area contributed by atoms with Gasteiger partial charge in [0.05, 0.1) is 11.8 Å². The summed E-state index contributed by atoms with van der Waals surface area (Å²) in [6.45, 7) is 7.21. The smallest absolute Gasteiger partial charge is 0.126 e. The maximum Gasteiger partial charge on any atom is 0.126 e. The zero-order valence-corrected chi connectivity index (χ0v) is 36.4. The summed E-state index contributed by atoms with van der Waals surface area (Å²) < 4.78 is 0. The van der Waals surface area contributed by atoms with Gasteiger partial charge in [-0.15, -0.1) is 0 Å². The number of hydrogen-bond donors (Lipinski definition) is 1. The molecule has 2 aliphatic heterocycles. The first-order valence-electron chi connectivity index (χ1n) is 23.6. The largest absolute Gasteiger partial charge is 0.378 e. The van der Waals surface area contributed by atoms with E-state index in [0.717, 1.165) is 63.5 Å². The van der Waals surface area contributed by atoms with Crippen molar-refractivity contribution >= 4 is 11.3 Å². The molecule has 0 bridgehead atoms. The van der Waals surface area contributed by atoms with Crippen molar-refractivity contribution in [1.29, 1.82) is 0 Å². The number of nitrogens with zero attached hydrogens (tertiary/aromatic N) is 2. The Morgan fingerprint density at radius 2 is 1.72 bits per heavy atom. The van der Waals surface area contributed by atoms with Gasteiger partial charge in [-0.3, -0.25) is 4.99 Å².